The fourth-order valence-electron chi connectivity index (χ4n) is 3.32. The molecule has 2 rings (SSSR count). The molecule has 1 N–H and O–H groups in total. The molecule has 2 aliphatic rings. The summed E-state index contributed by atoms with van der Waals surface area (Å²) in [6.45, 7) is 4.39. The largest absolute Gasteiger partial charge is 0.355 e. The van der Waals surface area contributed by atoms with Gasteiger partial charge in [-0.25, -0.2) is 0 Å². The Morgan fingerprint density at radius 3 is 2.08 bits per heavy atom. The van der Waals surface area contributed by atoms with Crippen LogP contribution in [0, 0.1) is 0 Å². The molecule has 2 heteroatoms. The molecule has 2 heterocycles. The molecule has 2 fully saturated rings. The van der Waals surface area contributed by atoms with E-state index in [1.54, 1.807) is 0 Å². The number of nitrogens with one attached hydrogen (secondary N) is 1. The quantitative estimate of drug-likeness (QED) is 0.656. The van der Waals surface area contributed by atoms with Gasteiger partial charge in [-0.2, -0.15) is 0 Å². The van der Waals surface area contributed by atoms with Crippen LogP contribution in [0.4, 0.5) is 0 Å². The molecular weight excluding hydrogens is 157 g/mol. The number of fused-ring (bicyclic) bond motifs is 2. The van der Waals surface area contributed by atoms with Crippen LogP contribution >= 0.6 is 0 Å². The predicted molar refractivity (Wildman–Crippen MR) is 59.2 cm³/mol. The molecule has 13 heavy (non-hydrogen) atoms. The van der Waals surface area contributed by atoms with Crippen molar-refractivity contribution < 1.29 is 0 Å². The van der Waals surface area contributed by atoms with Crippen LogP contribution in [0.15, 0.2) is 0 Å². The van der Waals surface area contributed by atoms with Crippen molar-refractivity contribution in [3.8, 4) is 0 Å². The Kier molecular flexibility index (Phi) is 3.31. The Bertz CT molecular complexity index is 138. The van der Waals surface area contributed by atoms with E-state index in [0.717, 1.165) is 18.5 Å². The molecule has 0 amide bonds. The molecule has 0 aliphatic carbocycles. The average molecular weight is 179 g/mol. The van der Waals surface area contributed by atoms with Crippen molar-refractivity contribution in [2.45, 2.75) is 63.5 Å². The van der Waals surface area contributed by atoms with Crippen LogP contribution in [0.3, 0.4) is 0 Å². The van der Waals surface area contributed by atoms with Crippen LogP contribution in [0.1, 0.15) is 51.9 Å². The summed E-state index contributed by atoms with van der Waals surface area (Å²) in [5.74, 6) is 2.05. The first kappa shape index (κ1) is 9.58. The maximum Gasteiger partial charge on any atom is 0.226 e. The van der Waals surface area contributed by atoms with Crippen LogP contribution in [-0.2, 0) is 0 Å². The van der Waals surface area contributed by atoms with Crippen LogP contribution < -0.4 is 5.23 Å². The van der Waals surface area contributed by atoms with Gasteiger partial charge in [0.05, 0.1) is 0 Å². The number of hydrogen-bond donors (Lipinski definition) is 1. The lowest BCUT2D eigenvalue weighted by Crippen LogP contribution is -2.46. The minimum atomic E-state index is 0.891. The van der Waals surface area contributed by atoms with E-state index in [2.05, 4.69) is 12.2 Å². The van der Waals surface area contributed by atoms with Crippen molar-refractivity contribution in [3.63, 3.8) is 0 Å². The van der Waals surface area contributed by atoms with Crippen molar-refractivity contribution in [1.82, 2.24) is 5.23 Å². The molecule has 0 aromatic rings. The lowest BCUT2D eigenvalue weighted by atomic mass is 9.34. The molecule has 74 valence electrons. The highest BCUT2D eigenvalue weighted by Crippen LogP contribution is 2.45. The zero-order valence-electron chi connectivity index (χ0n) is 8.89. The van der Waals surface area contributed by atoms with Gasteiger partial charge >= 0.3 is 0 Å². The van der Waals surface area contributed by atoms with Gasteiger partial charge in [0.2, 0.25) is 6.85 Å². The molecule has 0 saturated carbocycles. The summed E-state index contributed by atoms with van der Waals surface area (Å²) in [5.41, 5.74) is 0. The molecular formula is C11H22BN. The monoisotopic (exact) mass is 179 g/mol. The van der Waals surface area contributed by atoms with E-state index in [0.29, 0.717) is 0 Å². The van der Waals surface area contributed by atoms with Crippen molar-refractivity contribution >= 4 is 6.85 Å². The van der Waals surface area contributed by atoms with Crippen molar-refractivity contribution in [2.75, 3.05) is 6.54 Å². The SMILES string of the molecule is CCCNB1C2CCCC1CCC2. The molecule has 2 bridgehead atoms. The minimum absolute atomic E-state index is 0.891. The third-order valence-electron chi connectivity index (χ3n) is 3.95. The van der Waals surface area contributed by atoms with Gasteiger partial charge in [-0.1, -0.05) is 45.4 Å². The van der Waals surface area contributed by atoms with Crippen molar-refractivity contribution in [1.29, 1.82) is 0 Å². The van der Waals surface area contributed by atoms with Gasteiger partial charge in [0.25, 0.3) is 0 Å². The lowest BCUT2D eigenvalue weighted by Gasteiger charge is -2.40. The Morgan fingerprint density at radius 2 is 1.62 bits per heavy atom. The van der Waals surface area contributed by atoms with E-state index in [4.69, 9.17) is 0 Å². The molecule has 0 aromatic carbocycles. The fraction of sp³-hybridized carbons (Fsp3) is 1.00. The van der Waals surface area contributed by atoms with E-state index in [9.17, 15) is 0 Å². The van der Waals surface area contributed by atoms with Gasteiger partial charge in [0, 0.05) is 0 Å². The summed E-state index contributed by atoms with van der Waals surface area (Å²) in [4.78, 5) is 0. The van der Waals surface area contributed by atoms with E-state index in [1.807, 2.05) is 0 Å². The summed E-state index contributed by atoms with van der Waals surface area (Å²) in [6, 6.07) is 0. The van der Waals surface area contributed by atoms with Gasteiger partial charge in [-0.15, -0.1) is 0 Å². The first-order chi connectivity index (χ1) is 6.42. The van der Waals surface area contributed by atoms with Crippen LogP contribution in [0.2, 0.25) is 11.6 Å². The van der Waals surface area contributed by atoms with Crippen molar-refractivity contribution in [3.05, 3.63) is 0 Å². The third-order valence-corrected chi connectivity index (χ3v) is 3.95. The lowest BCUT2D eigenvalue weighted by molar-refractivity contribution is 0.434. The summed E-state index contributed by atoms with van der Waals surface area (Å²) in [6.07, 6.45) is 10.3. The highest BCUT2D eigenvalue weighted by molar-refractivity contribution is 6.60. The Hall–Kier alpha value is 0.0249. The first-order valence-electron chi connectivity index (χ1n) is 6.15. The Morgan fingerprint density at radius 1 is 1.08 bits per heavy atom. The normalized spacial score (nSPS) is 33.5. The maximum atomic E-state index is 3.77. The minimum Gasteiger partial charge on any atom is -0.355 e. The van der Waals surface area contributed by atoms with E-state index < -0.39 is 0 Å². The van der Waals surface area contributed by atoms with Crippen molar-refractivity contribution in [2.24, 2.45) is 0 Å². The highest BCUT2D eigenvalue weighted by Gasteiger charge is 2.38. The van der Waals surface area contributed by atoms with Gasteiger partial charge in [0.15, 0.2) is 0 Å². The average Bonchev–Trinajstić information content (AvgIpc) is 2.14. The molecule has 2 aliphatic heterocycles. The fourth-order valence-corrected chi connectivity index (χ4v) is 3.32. The Labute approximate surface area is 82.8 Å². The summed E-state index contributed by atoms with van der Waals surface area (Å²) < 4.78 is 0. The van der Waals surface area contributed by atoms with Gasteiger partial charge in [-0.3, -0.25) is 0 Å². The van der Waals surface area contributed by atoms with Gasteiger partial charge < -0.3 is 5.23 Å². The highest BCUT2D eigenvalue weighted by atomic mass is 14.8. The molecule has 0 atom stereocenters. The number of rotatable bonds is 3. The third kappa shape index (κ3) is 2.09. The molecule has 2 saturated heterocycles. The second kappa shape index (κ2) is 4.50. The topological polar surface area (TPSA) is 12.0 Å². The van der Waals surface area contributed by atoms with Crippen LogP contribution in [-0.4, -0.2) is 13.4 Å². The molecule has 0 unspecified atom stereocenters. The number of hydrogen-bond acceptors (Lipinski definition) is 1. The smallest absolute Gasteiger partial charge is 0.226 e. The summed E-state index contributed by atoms with van der Waals surface area (Å²) in [7, 11) is 0. The zero-order valence-corrected chi connectivity index (χ0v) is 8.89. The summed E-state index contributed by atoms with van der Waals surface area (Å²) in [5, 5.41) is 3.77. The second-order valence-corrected chi connectivity index (χ2v) is 4.86. The van der Waals surface area contributed by atoms with E-state index in [-0.39, 0.29) is 0 Å². The Balaban J connectivity index is 1.90. The van der Waals surface area contributed by atoms with E-state index in [1.165, 1.54) is 51.5 Å². The zero-order chi connectivity index (χ0) is 9.10. The predicted octanol–water partition coefficient (Wildman–Crippen LogP) is 3.09. The van der Waals surface area contributed by atoms with Gasteiger partial charge in [-0.05, 0) is 24.6 Å². The maximum absolute atomic E-state index is 3.77. The summed E-state index contributed by atoms with van der Waals surface area (Å²) >= 11 is 0. The molecule has 0 spiro atoms. The molecule has 0 radical (unpaired) electrons. The van der Waals surface area contributed by atoms with Crippen LogP contribution in [0.5, 0.6) is 0 Å². The second-order valence-electron chi connectivity index (χ2n) is 4.86. The first-order valence-corrected chi connectivity index (χ1v) is 6.15. The van der Waals surface area contributed by atoms with E-state index >= 15 is 0 Å². The van der Waals surface area contributed by atoms with Gasteiger partial charge in [0.1, 0.15) is 0 Å². The van der Waals surface area contributed by atoms with Crippen LogP contribution in [0.25, 0.3) is 0 Å². The molecule has 1 nitrogen and oxygen atoms in total. The standard InChI is InChI=1S/C11H22BN/c1-2-9-13-12-10-5-3-6-11(12)8-4-7-10/h10-11,13H,2-9H2,1H3. The molecule has 0 aromatic heterocycles.